The summed E-state index contributed by atoms with van der Waals surface area (Å²) in [5.41, 5.74) is 13.6. The topological polar surface area (TPSA) is 97.5 Å². The molecule has 3 saturated heterocycles. The second-order valence-electron chi connectivity index (χ2n) is 10.5. The Kier molecular flexibility index (Phi) is 6.65. The van der Waals surface area contributed by atoms with Crippen LogP contribution in [0.3, 0.4) is 0 Å². The van der Waals surface area contributed by atoms with Gasteiger partial charge in [0.05, 0.1) is 6.04 Å². The Morgan fingerprint density at radius 3 is 2.43 bits per heavy atom. The summed E-state index contributed by atoms with van der Waals surface area (Å²) in [6, 6.07) is 9.92. The van der Waals surface area contributed by atoms with E-state index >= 15 is 0 Å². The number of hydrogen-bond donors (Lipinski definition) is 4. The van der Waals surface area contributed by atoms with Crippen molar-refractivity contribution in [3.05, 3.63) is 53.3 Å². The maximum Gasteiger partial charge on any atom is 0.223 e. The monoisotopic (exact) mass is 476 g/mol. The SMILES string of the molecule is O=C(CCN1CCC2NNNC2C1)N1CCC(c2cnc(NC3Cc4ccccc4C3)nc2)CC1. The predicted octanol–water partition coefficient (Wildman–Crippen LogP) is 1.21. The molecule has 4 aliphatic rings. The van der Waals surface area contributed by atoms with Gasteiger partial charge in [0.15, 0.2) is 0 Å². The van der Waals surface area contributed by atoms with Gasteiger partial charge < -0.3 is 15.1 Å². The molecule has 0 saturated carbocycles. The van der Waals surface area contributed by atoms with Gasteiger partial charge in [0.25, 0.3) is 0 Å². The van der Waals surface area contributed by atoms with E-state index in [2.05, 4.69) is 65.7 Å². The zero-order valence-corrected chi connectivity index (χ0v) is 20.2. The highest BCUT2D eigenvalue weighted by atomic mass is 16.2. The largest absolute Gasteiger partial charge is 0.351 e. The van der Waals surface area contributed by atoms with Crippen molar-refractivity contribution in [3.63, 3.8) is 0 Å². The minimum Gasteiger partial charge on any atom is -0.351 e. The van der Waals surface area contributed by atoms with Gasteiger partial charge in [0.2, 0.25) is 11.9 Å². The summed E-state index contributed by atoms with van der Waals surface area (Å²) in [5, 5.41) is 3.50. The van der Waals surface area contributed by atoms with Crippen LogP contribution in [0.1, 0.15) is 48.3 Å². The van der Waals surface area contributed by atoms with Gasteiger partial charge in [-0.1, -0.05) is 24.3 Å². The highest BCUT2D eigenvalue weighted by Crippen LogP contribution is 2.28. The number of likely N-dealkylation sites (tertiary alicyclic amines) is 2. The molecule has 1 aromatic heterocycles. The summed E-state index contributed by atoms with van der Waals surface area (Å²) in [5.74, 6) is 1.42. The van der Waals surface area contributed by atoms with Crippen LogP contribution < -0.4 is 21.7 Å². The second-order valence-corrected chi connectivity index (χ2v) is 10.5. The highest BCUT2D eigenvalue weighted by molar-refractivity contribution is 5.76. The van der Waals surface area contributed by atoms with Gasteiger partial charge in [-0.2, -0.15) is 5.53 Å². The summed E-state index contributed by atoms with van der Waals surface area (Å²) in [6.45, 7) is 4.52. The van der Waals surface area contributed by atoms with E-state index in [1.165, 1.54) is 16.7 Å². The van der Waals surface area contributed by atoms with Crippen LogP contribution in [0.25, 0.3) is 0 Å². The van der Waals surface area contributed by atoms with Gasteiger partial charge in [0, 0.05) is 57.1 Å². The van der Waals surface area contributed by atoms with Crippen LogP contribution >= 0.6 is 0 Å². The van der Waals surface area contributed by atoms with Gasteiger partial charge >= 0.3 is 0 Å². The summed E-state index contributed by atoms with van der Waals surface area (Å²) < 4.78 is 0. The van der Waals surface area contributed by atoms with E-state index in [1.807, 2.05) is 12.4 Å². The molecule has 2 atom stereocenters. The maximum absolute atomic E-state index is 12.8. The first kappa shape index (κ1) is 22.8. The minimum absolute atomic E-state index is 0.287. The molecular formula is C26H36N8O. The van der Waals surface area contributed by atoms with Crippen LogP contribution in [0.15, 0.2) is 36.7 Å². The number of amides is 1. The van der Waals surface area contributed by atoms with Crippen molar-refractivity contribution in [1.29, 1.82) is 0 Å². The zero-order chi connectivity index (χ0) is 23.6. The standard InChI is InChI=1S/C26H36N8O/c35-25(8-10-33-9-7-23-24(17-33)31-32-30-23)34-11-5-18(6-12-34)21-15-27-26(28-16-21)29-22-13-19-3-1-2-4-20(19)14-22/h1-4,15-16,18,22-24,30-32H,5-14,17H2,(H,27,28,29). The van der Waals surface area contributed by atoms with Crippen molar-refractivity contribution in [2.45, 2.75) is 62.6 Å². The average Bonchev–Trinajstić information content (AvgIpc) is 3.54. The van der Waals surface area contributed by atoms with E-state index in [-0.39, 0.29) is 5.91 Å². The number of carbonyl (C=O) groups excluding carboxylic acids is 1. The molecule has 35 heavy (non-hydrogen) atoms. The maximum atomic E-state index is 12.8. The Balaban J connectivity index is 0.939. The average molecular weight is 477 g/mol. The molecule has 186 valence electrons. The fourth-order valence-electron chi connectivity index (χ4n) is 6.11. The Labute approximate surface area is 207 Å². The molecule has 0 radical (unpaired) electrons. The molecule has 1 aliphatic carbocycles. The van der Waals surface area contributed by atoms with Gasteiger partial charge in [-0.25, -0.2) is 20.8 Å². The molecule has 3 aliphatic heterocycles. The number of benzene rings is 1. The Hall–Kier alpha value is -2.59. The van der Waals surface area contributed by atoms with Crippen molar-refractivity contribution < 1.29 is 4.79 Å². The quantitative estimate of drug-likeness (QED) is 0.494. The summed E-state index contributed by atoms with van der Waals surface area (Å²) in [6.07, 6.45) is 9.68. The van der Waals surface area contributed by atoms with Crippen molar-refractivity contribution >= 4 is 11.9 Å². The third-order valence-electron chi connectivity index (χ3n) is 8.23. The Morgan fingerprint density at radius 1 is 0.971 bits per heavy atom. The lowest BCUT2D eigenvalue weighted by molar-refractivity contribution is -0.132. The number of fused-ring (bicyclic) bond motifs is 2. The summed E-state index contributed by atoms with van der Waals surface area (Å²) in [4.78, 5) is 26.5. The van der Waals surface area contributed by atoms with Gasteiger partial charge in [-0.05, 0) is 61.3 Å². The smallest absolute Gasteiger partial charge is 0.223 e. The molecule has 9 nitrogen and oxygen atoms in total. The van der Waals surface area contributed by atoms with Crippen LogP contribution in [0.2, 0.25) is 0 Å². The van der Waals surface area contributed by atoms with Crippen LogP contribution in [0.5, 0.6) is 0 Å². The first-order chi connectivity index (χ1) is 17.2. The van der Waals surface area contributed by atoms with E-state index in [0.717, 1.165) is 64.8 Å². The number of aromatic nitrogens is 2. The molecule has 9 heteroatoms. The van der Waals surface area contributed by atoms with Crippen molar-refractivity contribution in [1.82, 2.24) is 36.2 Å². The summed E-state index contributed by atoms with van der Waals surface area (Å²) >= 11 is 0. The molecule has 4 N–H and O–H groups in total. The molecule has 1 aromatic carbocycles. The molecule has 4 heterocycles. The molecule has 3 fully saturated rings. The molecule has 2 unspecified atom stereocenters. The summed E-state index contributed by atoms with van der Waals surface area (Å²) in [7, 11) is 0. The van der Waals surface area contributed by atoms with Crippen molar-refractivity contribution in [2.75, 3.05) is 38.0 Å². The number of piperidine rings is 2. The van der Waals surface area contributed by atoms with Crippen LogP contribution in [-0.2, 0) is 17.6 Å². The number of nitrogens with zero attached hydrogens (tertiary/aromatic N) is 4. The fourth-order valence-corrected chi connectivity index (χ4v) is 6.11. The van der Waals surface area contributed by atoms with E-state index in [0.29, 0.717) is 36.4 Å². The Bertz CT molecular complexity index is 997. The number of anilines is 1. The van der Waals surface area contributed by atoms with E-state index in [4.69, 9.17) is 0 Å². The van der Waals surface area contributed by atoms with Gasteiger partial charge in [0.1, 0.15) is 0 Å². The number of nitrogens with one attached hydrogen (secondary N) is 4. The predicted molar refractivity (Wildman–Crippen MR) is 135 cm³/mol. The lowest BCUT2D eigenvalue weighted by Gasteiger charge is -2.35. The van der Waals surface area contributed by atoms with Crippen LogP contribution in [0, 0.1) is 0 Å². The molecular weight excluding hydrogens is 440 g/mol. The Morgan fingerprint density at radius 2 is 1.69 bits per heavy atom. The van der Waals surface area contributed by atoms with E-state index < -0.39 is 0 Å². The number of hydrazine groups is 2. The number of hydrogen-bond acceptors (Lipinski definition) is 8. The van der Waals surface area contributed by atoms with Crippen molar-refractivity contribution in [2.24, 2.45) is 0 Å². The van der Waals surface area contributed by atoms with Gasteiger partial charge in [-0.15, -0.1) is 0 Å². The molecule has 0 spiro atoms. The van der Waals surface area contributed by atoms with Gasteiger partial charge in [-0.3, -0.25) is 4.79 Å². The van der Waals surface area contributed by atoms with Crippen molar-refractivity contribution in [3.8, 4) is 0 Å². The van der Waals surface area contributed by atoms with E-state index in [1.54, 1.807) is 0 Å². The lowest BCUT2D eigenvalue weighted by Crippen LogP contribution is -2.51. The van der Waals surface area contributed by atoms with E-state index in [9.17, 15) is 4.79 Å². The molecule has 1 amide bonds. The first-order valence-corrected chi connectivity index (χ1v) is 13.1. The van der Waals surface area contributed by atoms with Crippen LogP contribution in [0.4, 0.5) is 5.95 Å². The normalized spacial score (nSPS) is 25.4. The third kappa shape index (κ3) is 5.18. The molecule has 0 bridgehead atoms. The second kappa shape index (κ2) is 10.2. The fraction of sp³-hybridized carbons (Fsp3) is 0.577. The highest BCUT2D eigenvalue weighted by Gasteiger charge is 2.33. The third-order valence-corrected chi connectivity index (χ3v) is 8.23. The zero-order valence-electron chi connectivity index (χ0n) is 20.2. The number of rotatable bonds is 6. The first-order valence-electron chi connectivity index (χ1n) is 13.1. The van der Waals surface area contributed by atoms with Crippen LogP contribution in [-0.4, -0.2) is 76.5 Å². The molecule has 2 aromatic rings. The lowest BCUT2D eigenvalue weighted by atomic mass is 9.91. The minimum atomic E-state index is 0.287. The number of carbonyl (C=O) groups is 1. The molecule has 6 rings (SSSR count).